The molecule has 4 amide bonds. The van der Waals surface area contributed by atoms with Crippen LogP contribution in [0, 0.1) is 0 Å². The number of fused-ring (bicyclic) bond motifs is 1. The fraction of sp³-hybridized carbons (Fsp3) is 0.294. The van der Waals surface area contributed by atoms with Gasteiger partial charge in [0.25, 0.3) is 30.0 Å². The number of carbonyl (C=O) groups excluding carboxylic acids is 3. The van der Waals surface area contributed by atoms with Gasteiger partial charge in [-0.25, -0.2) is 14.8 Å². The number of hydrogen-bond donors (Lipinski definition) is 1. The van der Waals surface area contributed by atoms with Gasteiger partial charge in [0.2, 0.25) is 0 Å². The zero-order valence-electron chi connectivity index (χ0n) is 15.1. The molecule has 0 saturated carbocycles. The number of hydrazone groups is 1. The summed E-state index contributed by atoms with van der Waals surface area (Å²) < 4.78 is 6.66. The summed E-state index contributed by atoms with van der Waals surface area (Å²) in [6, 6.07) is 2.32. The van der Waals surface area contributed by atoms with Gasteiger partial charge in [0.1, 0.15) is 5.76 Å². The van der Waals surface area contributed by atoms with Gasteiger partial charge in [0.15, 0.2) is 6.54 Å². The number of nitrogens with one attached hydrogen (secondary N) is 1. The van der Waals surface area contributed by atoms with Crippen LogP contribution < -0.4 is 5.43 Å². The summed E-state index contributed by atoms with van der Waals surface area (Å²) in [7, 11) is 2.93. The Kier molecular flexibility index (Phi) is 4.97. The topological polar surface area (TPSA) is 111 Å². The summed E-state index contributed by atoms with van der Waals surface area (Å²) in [5, 5.41) is 3.89. The molecule has 27 heavy (non-hydrogen) atoms. The number of aliphatic imine (C=N–C) groups is 1. The van der Waals surface area contributed by atoms with Crippen molar-refractivity contribution in [3.05, 3.63) is 29.7 Å². The van der Waals surface area contributed by atoms with Gasteiger partial charge in [-0.1, -0.05) is 0 Å². The Labute approximate surface area is 155 Å². The van der Waals surface area contributed by atoms with E-state index in [-0.39, 0.29) is 6.54 Å². The maximum absolute atomic E-state index is 12.4. The number of rotatable bonds is 5. The van der Waals surface area contributed by atoms with Gasteiger partial charge in [-0.05, 0) is 35.7 Å². The number of urea groups is 1. The number of carbonyl (C=O) groups is 3. The number of imide groups is 1. The Hall–Kier alpha value is -3.56. The van der Waals surface area contributed by atoms with Gasteiger partial charge in [-0.15, -0.1) is 0 Å². The second-order valence-electron chi connectivity index (χ2n) is 6.11. The summed E-state index contributed by atoms with van der Waals surface area (Å²) in [4.78, 5) is 42.8. The molecule has 10 nitrogen and oxygen atoms in total. The minimum absolute atomic E-state index is 0.127. The molecule has 1 N–H and O–H groups in total. The second-order valence-corrected chi connectivity index (χ2v) is 6.11. The van der Waals surface area contributed by atoms with Crippen LogP contribution in [-0.4, -0.2) is 77.3 Å². The quantitative estimate of drug-likeness (QED) is 0.450. The molecular formula is C17H19N6O4+. The van der Waals surface area contributed by atoms with Gasteiger partial charge in [0, 0.05) is 14.1 Å². The molecular weight excluding hydrogens is 352 g/mol. The van der Waals surface area contributed by atoms with E-state index in [0.717, 1.165) is 10.5 Å². The smallest absolute Gasteiger partial charge is 0.333 e. The van der Waals surface area contributed by atoms with E-state index in [2.05, 4.69) is 15.5 Å². The molecule has 0 spiro atoms. The van der Waals surface area contributed by atoms with Gasteiger partial charge in [-0.3, -0.25) is 19.4 Å². The van der Waals surface area contributed by atoms with Crippen molar-refractivity contribution >= 4 is 42.3 Å². The van der Waals surface area contributed by atoms with Crippen molar-refractivity contribution in [3.8, 4) is 0 Å². The first-order valence-corrected chi connectivity index (χ1v) is 8.14. The zero-order chi connectivity index (χ0) is 19.6. The molecule has 2 aliphatic rings. The summed E-state index contributed by atoms with van der Waals surface area (Å²) in [5.74, 6) is 0.135. The molecule has 1 unspecified atom stereocenters. The Morgan fingerprint density at radius 3 is 2.89 bits per heavy atom. The Balaban J connectivity index is 1.58. The van der Waals surface area contributed by atoms with Crippen LogP contribution in [-0.2, 0) is 9.59 Å². The van der Waals surface area contributed by atoms with E-state index in [4.69, 9.17) is 4.42 Å². The first-order valence-electron chi connectivity index (χ1n) is 8.14. The molecule has 1 atom stereocenters. The number of nitrogens with zero attached hydrogens (tertiary/aromatic N) is 5. The molecule has 1 aromatic heterocycles. The molecule has 10 heteroatoms. The predicted molar refractivity (Wildman–Crippen MR) is 97.3 cm³/mol. The molecule has 1 saturated heterocycles. The molecule has 0 aliphatic carbocycles. The van der Waals surface area contributed by atoms with E-state index in [0.29, 0.717) is 11.6 Å². The molecule has 0 radical (unpaired) electrons. The van der Waals surface area contributed by atoms with Gasteiger partial charge >= 0.3 is 6.03 Å². The van der Waals surface area contributed by atoms with E-state index in [1.807, 2.05) is 6.92 Å². The second kappa shape index (κ2) is 7.36. The van der Waals surface area contributed by atoms with Crippen LogP contribution in [0.2, 0.25) is 0 Å². The predicted octanol–water partition coefficient (Wildman–Crippen LogP) is 0.130. The van der Waals surface area contributed by atoms with Crippen LogP contribution >= 0.6 is 0 Å². The van der Waals surface area contributed by atoms with E-state index in [1.165, 1.54) is 36.1 Å². The van der Waals surface area contributed by atoms with E-state index < -0.39 is 23.9 Å². The van der Waals surface area contributed by atoms with Gasteiger partial charge in [0.05, 0.1) is 12.5 Å². The number of likely N-dealkylation sites (N-methyl/N-ethyl adjacent to an activating group) is 2. The van der Waals surface area contributed by atoms with Crippen molar-refractivity contribution in [2.45, 2.75) is 13.0 Å². The third-order valence-corrected chi connectivity index (χ3v) is 4.09. The van der Waals surface area contributed by atoms with E-state index in [9.17, 15) is 14.4 Å². The van der Waals surface area contributed by atoms with Crippen LogP contribution in [0.3, 0.4) is 0 Å². The summed E-state index contributed by atoms with van der Waals surface area (Å²) >= 11 is 0. The van der Waals surface area contributed by atoms with Crippen molar-refractivity contribution < 1.29 is 23.4 Å². The average Bonchev–Trinajstić information content (AvgIpc) is 3.28. The van der Waals surface area contributed by atoms with Crippen LogP contribution in [0.1, 0.15) is 12.7 Å². The number of allylic oxidation sites excluding steroid dienone is 1. The molecule has 0 bridgehead atoms. The first kappa shape index (κ1) is 18.2. The Bertz CT molecular complexity index is 897. The lowest BCUT2D eigenvalue weighted by atomic mass is 10.1. The zero-order valence-corrected chi connectivity index (χ0v) is 15.1. The van der Waals surface area contributed by atoms with E-state index in [1.54, 1.807) is 24.5 Å². The number of furan rings is 1. The molecule has 1 fully saturated rings. The lowest BCUT2D eigenvalue weighted by Gasteiger charge is -2.30. The normalized spacial score (nSPS) is 20.1. The molecule has 3 heterocycles. The fourth-order valence-corrected chi connectivity index (χ4v) is 2.72. The average molecular weight is 371 g/mol. The van der Waals surface area contributed by atoms with Crippen LogP contribution in [0.5, 0.6) is 0 Å². The largest absolute Gasteiger partial charge is 0.465 e. The highest BCUT2D eigenvalue weighted by Gasteiger charge is 2.50. The van der Waals surface area contributed by atoms with Crippen molar-refractivity contribution in [1.29, 1.82) is 0 Å². The standard InChI is InChI=1S/C17H18N6O4/c1-11(7-12-5-4-6-27-12)8-19-20-13(24)9-23-10-18-15-14(23)16(25)22(3)17(26)21(15)2/h4-8,10,14H,9H2,1-3H3/p+1/b11-7+,19-8+. The lowest BCUT2D eigenvalue weighted by Crippen LogP contribution is -2.61. The van der Waals surface area contributed by atoms with Crippen molar-refractivity contribution in [1.82, 2.24) is 15.2 Å². The number of amidine groups is 1. The summed E-state index contributed by atoms with van der Waals surface area (Å²) in [6.45, 7) is 1.69. The third kappa shape index (κ3) is 3.68. The molecule has 3 rings (SSSR count). The van der Waals surface area contributed by atoms with Crippen LogP contribution in [0.4, 0.5) is 4.79 Å². The highest BCUT2D eigenvalue weighted by Crippen LogP contribution is 2.16. The van der Waals surface area contributed by atoms with Gasteiger partial charge < -0.3 is 4.42 Å². The minimum Gasteiger partial charge on any atom is -0.465 e. The molecule has 0 aromatic carbocycles. The van der Waals surface area contributed by atoms with E-state index >= 15 is 0 Å². The SMILES string of the molecule is CC(/C=N/NC(=O)C[N+]1=CN=C2C1C(=O)N(C)C(=O)N2C)=C\c1ccco1. The summed E-state index contributed by atoms with van der Waals surface area (Å²) in [6.07, 6.45) is 6.21. The Morgan fingerprint density at radius 1 is 1.41 bits per heavy atom. The van der Waals surface area contributed by atoms with Crippen molar-refractivity contribution in [2.75, 3.05) is 20.6 Å². The molecule has 1 aromatic rings. The van der Waals surface area contributed by atoms with Gasteiger partial charge in [-0.2, -0.15) is 5.10 Å². The third-order valence-electron chi connectivity index (χ3n) is 4.09. The van der Waals surface area contributed by atoms with Crippen LogP contribution in [0.15, 0.2) is 38.5 Å². The monoisotopic (exact) mass is 371 g/mol. The Morgan fingerprint density at radius 2 is 2.19 bits per heavy atom. The first-order chi connectivity index (χ1) is 12.9. The number of hydrogen-bond acceptors (Lipinski definition) is 6. The fourth-order valence-electron chi connectivity index (χ4n) is 2.72. The number of amides is 4. The summed E-state index contributed by atoms with van der Waals surface area (Å²) in [5.41, 5.74) is 3.19. The highest BCUT2D eigenvalue weighted by molar-refractivity contribution is 6.21. The maximum Gasteiger partial charge on any atom is 0.333 e. The van der Waals surface area contributed by atoms with Crippen molar-refractivity contribution in [2.24, 2.45) is 10.1 Å². The van der Waals surface area contributed by atoms with Crippen molar-refractivity contribution in [3.63, 3.8) is 0 Å². The lowest BCUT2D eigenvalue weighted by molar-refractivity contribution is -0.519. The highest BCUT2D eigenvalue weighted by atomic mass is 16.3. The molecule has 2 aliphatic heterocycles. The maximum atomic E-state index is 12.4. The minimum atomic E-state index is -0.798. The van der Waals surface area contributed by atoms with Crippen LogP contribution in [0.25, 0.3) is 6.08 Å². The molecule has 140 valence electrons.